The highest BCUT2D eigenvalue weighted by Crippen LogP contribution is 2.29. The van der Waals surface area contributed by atoms with Gasteiger partial charge in [0.05, 0.1) is 38.7 Å². The third-order valence-electron chi connectivity index (χ3n) is 13.6. The highest BCUT2D eigenvalue weighted by atomic mass is 19.1. The number of urea groups is 1. The molecule has 14 N–H and O–H groups in total. The third-order valence-corrected chi connectivity index (χ3v) is 13.6. The van der Waals surface area contributed by atoms with E-state index in [1.807, 2.05) is 0 Å². The number of benzene rings is 3. The molecular weight excluding hydrogens is 1190 g/mol. The van der Waals surface area contributed by atoms with Crippen LogP contribution in [0.1, 0.15) is 68.1 Å². The van der Waals surface area contributed by atoms with E-state index in [9.17, 15) is 77.2 Å². The van der Waals surface area contributed by atoms with Crippen molar-refractivity contribution in [3.8, 4) is 11.5 Å². The first kappa shape index (κ1) is 73.4. The molecule has 3 aromatic carbocycles. The van der Waals surface area contributed by atoms with Crippen LogP contribution in [0.2, 0.25) is 0 Å². The molecule has 4 rings (SSSR count). The highest BCUT2D eigenvalue weighted by Gasteiger charge is 2.29. The van der Waals surface area contributed by atoms with Gasteiger partial charge in [-0.15, -0.1) is 0 Å². The number of aliphatic carboxylic acids is 3. The Balaban J connectivity index is 1.24. The lowest BCUT2D eigenvalue weighted by Gasteiger charge is -2.32. The molecule has 32 heteroatoms. The van der Waals surface area contributed by atoms with Crippen LogP contribution in [0.5, 0.6) is 11.5 Å². The normalized spacial score (nSPS) is 14.5. The Morgan fingerprint density at radius 2 is 1.13 bits per heavy atom. The summed E-state index contributed by atoms with van der Waals surface area (Å²) in [5, 5.41) is 56.3. The number of phenols is 1. The second-order valence-corrected chi connectivity index (χ2v) is 20.7. The number of nitrogens with one attached hydrogen (secondary N) is 8. The van der Waals surface area contributed by atoms with Crippen LogP contribution in [0.15, 0.2) is 71.7 Å². The number of nitrogens with two attached hydrogens (primary N) is 1. The lowest BCUT2D eigenvalue weighted by Crippen LogP contribution is -2.50. The number of hydrogen-bond donors (Lipinski definition) is 13. The standard InChI is InChI=1S/C58H82F2N14O16/c1-2-47(76)64-19-20-66-58(88)69-57(61)65-17-9-14-46(55(86)67-33-43-44(59)31-41(75)32-45(43)60)68-56(87)54(39-10-4-3-5-11-39)40-12-8-13-42(30-40)89-29-7-6-16-62-50(79)38-90-70-48(77)15-18-63-49(78)34-71-21-23-72(35-51(80)81)25-27-74(37-53(84)85)28-26-73(24-22-71)36-52(82)83/h3-5,8,10-13,30-32,46,54,75H,2,6-7,9,14-29,33-38H2,1H3,(H,62,79)(H,63,78)(H,64,76)(H,67,86)(H,68,87)(H,70,77)(H,80,81)(H,82,83)(H,84,85)(H4,61,65,66,69,88)/t46-,54-/m1/s1. The minimum absolute atomic E-state index is 0.0342. The fourth-order valence-corrected chi connectivity index (χ4v) is 9.00. The van der Waals surface area contributed by atoms with Crippen LogP contribution in [-0.4, -0.2) is 236 Å². The topological polar surface area (TPSA) is 418 Å². The Bertz CT molecular complexity index is 2840. The van der Waals surface area contributed by atoms with E-state index >= 15 is 0 Å². The molecule has 1 aliphatic heterocycles. The number of rotatable bonds is 35. The van der Waals surface area contributed by atoms with Crippen molar-refractivity contribution in [2.75, 3.05) is 124 Å². The Labute approximate surface area is 518 Å². The molecule has 3 aromatic rings. The van der Waals surface area contributed by atoms with Crippen molar-refractivity contribution in [2.45, 2.75) is 64.0 Å². The van der Waals surface area contributed by atoms with Crippen LogP contribution in [-0.2, 0) is 54.5 Å². The molecule has 0 spiro atoms. The van der Waals surface area contributed by atoms with Gasteiger partial charge in [-0.3, -0.25) is 67.6 Å². The second-order valence-electron chi connectivity index (χ2n) is 20.7. The molecule has 1 saturated heterocycles. The van der Waals surface area contributed by atoms with Gasteiger partial charge in [-0.05, 0) is 48.9 Å². The van der Waals surface area contributed by atoms with E-state index in [0.717, 1.165) is 0 Å². The van der Waals surface area contributed by atoms with Crippen LogP contribution in [0.3, 0.4) is 0 Å². The smallest absolute Gasteiger partial charge is 0.344 e. The lowest BCUT2D eigenvalue weighted by molar-refractivity contribution is -0.140. The molecular formula is C58H82F2N14O16. The molecule has 0 bridgehead atoms. The number of carbonyl (C=O) groups excluding carboxylic acids is 7. The molecule has 0 saturated carbocycles. The van der Waals surface area contributed by atoms with Gasteiger partial charge in [0, 0.05) is 122 Å². The molecule has 90 heavy (non-hydrogen) atoms. The van der Waals surface area contributed by atoms with E-state index in [2.05, 4.69) is 47.7 Å². The number of carboxylic acid groups (broad SMARTS) is 3. The average molecular weight is 1270 g/mol. The number of carbonyl (C=O) groups is 10. The third kappa shape index (κ3) is 29.7. The number of phenolic OH excluding ortho intramolecular Hbond substituents is 1. The summed E-state index contributed by atoms with van der Waals surface area (Å²) in [4.78, 5) is 140. The van der Waals surface area contributed by atoms with Crippen LogP contribution in [0.4, 0.5) is 13.6 Å². The first-order chi connectivity index (χ1) is 43.1. The number of aliphatic imine (C=N–C) groups is 1. The minimum Gasteiger partial charge on any atom is -0.508 e. The summed E-state index contributed by atoms with van der Waals surface area (Å²) in [6.07, 6.45) is 1.15. The summed E-state index contributed by atoms with van der Waals surface area (Å²) in [6.45, 7) is 1.91. The number of halogens is 2. The maximum atomic E-state index is 14.7. The van der Waals surface area contributed by atoms with E-state index < -0.39 is 102 Å². The summed E-state index contributed by atoms with van der Waals surface area (Å²) >= 11 is 0. The van der Waals surface area contributed by atoms with Gasteiger partial charge >= 0.3 is 23.9 Å². The molecule has 494 valence electrons. The second kappa shape index (κ2) is 40.4. The number of hydrogen-bond acceptors (Lipinski definition) is 17. The summed E-state index contributed by atoms with van der Waals surface area (Å²) in [5.41, 5.74) is 8.55. The van der Waals surface area contributed by atoms with Crippen LogP contribution in [0.25, 0.3) is 0 Å². The molecule has 0 aliphatic carbocycles. The van der Waals surface area contributed by atoms with E-state index in [-0.39, 0.29) is 155 Å². The van der Waals surface area contributed by atoms with Gasteiger partial charge in [0.15, 0.2) is 12.6 Å². The van der Waals surface area contributed by atoms with Gasteiger partial charge in [-0.2, -0.15) is 4.99 Å². The number of carboxylic acids is 3. The lowest BCUT2D eigenvalue weighted by atomic mass is 9.90. The molecule has 1 aliphatic rings. The first-order valence-electron chi connectivity index (χ1n) is 29.2. The minimum atomic E-state index is -1.27. The zero-order valence-electron chi connectivity index (χ0n) is 50.1. The van der Waals surface area contributed by atoms with Gasteiger partial charge in [0.25, 0.3) is 0 Å². The number of guanidine groups is 1. The van der Waals surface area contributed by atoms with Crippen molar-refractivity contribution in [3.05, 3.63) is 95.1 Å². The maximum absolute atomic E-state index is 14.7. The van der Waals surface area contributed by atoms with Crippen molar-refractivity contribution < 1.29 is 86.7 Å². The van der Waals surface area contributed by atoms with Crippen molar-refractivity contribution in [1.82, 2.24) is 62.3 Å². The van der Waals surface area contributed by atoms with Crippen LogP contribution < -0.4 is 53.2 Å². The average Bonchev–Trinajstić information content (AvgIpc) is 2.08. The first-order valence-corrected chi connectivity index (χ1v) is 29.2. The summed E-state index contributed by atoms with van der Waals surface area (Å²) in [6, 6.07) is 14.7. The zero-order valence-corrected chi connectivity index (χ0v) is 50.1. The fraction of sp³-hybridized carbons (Fsp3) is 0.500. The fourth-order valence-electron chi connectivity index (χ4n) is 9.00. The predicted molar refractivity (Wildman–Crippen MR) is 320 cm³/mol. The molecule has 0 unspecified atom stereocenters. The predicted octanol–water partition coefficient (Wildman–Crippen LogP) is -1.17. The Morgan fingerprint density at radius 1 is 0.589 bits per heavy atom. The van der Waals surface area contributed by atoms with Crippen molar-refractivity contribution in [1.29, 1.82) is 0 Å². The van der Waals surface area contributed by atoms with Crippen LogP contribution >= 0.6 is 0 Å². The van der Waals surface area contributed by atoms with E-state index in [4.69, 9.17) is 15.3 Å². The highest BCUT2D eigenvalue weighted by molar-refractivity contribution is 5.93. The number of nitrogens with zero attached hydrogens (tertiary/aromatic N) is 5. The van der Waals surface area contributed by atoms with E-state index in [1.165, 1.54) is 0 Å². The number of amides is 8. The molecule has 30 nitrogen and oxygen atoms in total. The van der Waals surface area contributed by atoms with E-state index in [1.54, 1.807) is 81.1 Å². The molecule has 2 atom stereocenters. The van der Waals surface area contributed by atoms with Crippen molar-refractivity contribution in [3.63, 3.8) is 0 Å². The Morgan fingerprint density at radius 3 is 1.72 bits per heavy atom. The van der Waals surface area contributed by atoms with E-state index in [0.29, 0.717) is 41.9 Å². The Kier molecular flexibility index (Phi) is 33.0. The van der Waals surface area contributed by atoms with Gasteiger partial charge < -0.3 is 68.1 Å². The monoisotopic (exact) mass is 1270 g/mol. The van der Waals surface area contributed by atoms with Crippen molar-refractivity contribution in [2.24, 2.45) is 10.7 Å². The molecule has 1 fully saturated rings. The molecule has 0 aromatic heterocycles. The summed E-state index contributed by atoms with van der Waals surface area (Å²) in [5.74, 6) is -10.2. The molecule has 1 heterocycles. The zero-order chi connectivity index (χ0) is 65.8. The largest absolute Gasteiger partial charge is 0.508 e. The van der Waals surface area contributed by atoms with Gasteiger partial charge in [-0.1, -0.05) is 49.4 Å². The van der Waals surface area contributed by atoms with Gasteiger partial charge in [0.2, 0.25) is 35.4 Å². The summed E-state index contributed by atoms with van der Waals surface area (Å²) in [7, 11) is 0. The SMILES string of the molecule is CCC(=O)NCCNC(=O)/N=C(/N)NCCC[C@@H](NC(=O)[C@H](c1ccccc1)c1cccc(OCCCCNC(=O)CONC(=O)CCNC(=O)CN2CCN(CC(=O)O)CCN(CC(=O)O)CCN(CC(=O)O)CC2)c1)C(=O)NCc1c(F)cc(O)cc1F. The molecule has 8 amide bonds. The number of hydroxylamine groups is 1. The Hall–Kier alpha value is -9.11. The van der Waals surface area contributed by atoms with Crippen molar-refractivity contribution >= 4 is 65.3 Å². The van der Waals surface area contributed by atoms with Gasteiger partial charge in [-0.25, -0.2) is 19.1 Å². The summed E-state index contributed by atoms with van der Waals surface area (Å²) < 4.78 is 35.3. The quantitative estimate of drug-likeness (QED) is 0.0143. The maximum Gasteiger partial charge on any atom is 0.344 e. The number of ether oxygens (including phenoxy) is 1. The van der Waals surface area contributed by atoms with Crippen LogP contribution in [0, 0.1) is 11.6 Å². The number of unbranched alkanes of at least 4 members (excludes halogenated alkanes) is 1. The van der Waals surface area contributed by atoms with Gasteiger partial charge in [0.1, 0.15) is 29.2 Å². The number of aromatic hydroxyl groups is 1. The molecule has 0 radical (unpaired) electrons.